The van der Waals surface area contributed by atoms with Gasteiger partial charge in [0.05, 0.1) is 6.04 Å². The predicted molar refractivity (Wildman–Crippen MR) is 95.1 cm³/mol. The zero-order chi connectivity index (χ0) is 18.5. The summed E-state index contributed by atoms with van der Waals surface area (Å²) < 4.78 is 31.7. The van der Waals surface area contributed by atoms with Crippen LogP contribution in [0.5, 0.6) is 5.75 Å². The summed E-state index contributed by atoms with van der Waals surface area (Å²) >= 11 is 1.24. The number of nitrogens with zero attached hydrogens (tertiary/aromatic N) is 1. The largest absolute Gasteiger partial charge is 0.483 e. The normalized spacial score (nSPS) is 11.8. The molecule has 0 aliphatic heterocycles. The molecule has 1 heterocycles. The first-order valence-electron chi connectivity index (χ1n) is 7.91. The molecule has 0 radical (unpaired) electrons. The Bertz CT molecular complexity index is 900. The van der Waals surface area contributed by atoms with E-state index in [4.69, 9.17) is 4.74 Å². The van der Waals surface area contributed by atoms with Crippen LogP contribution in [0, 0.1) is 11.6 Å². The van der Waals surface area contributed by atoms with Gasteiger partial charge >= 0.3 is 0 Å². The van der Waals surface area contributed by atoms with Crippen LogP contribution < -0.4 is 10.1 Å². The number of thiazole rings is 1. The summed E-state index contributed by atoms with van der Waals surface area (Å²) in [5.41, 5.74) is 1.27. The van der Waals surface area contributed by atoms with Gasteiger partial charge in [-0.25, -0.2) is 13.8 Å². The Morgan fingerprint density at radius 2 is 2.00 bits per heavy atom. The van der Waals surface area contributed by atoms with Gasteiger partial charge in [0.25, 0.3) is 5.91 Å². The fraction of sp³-hybridized carbons (Fsp3) is 0.158. The van der Waals surface area contributed by atoms with Crippen LogP contribution in [0.3, 0.4) is 0 Å². The van der Waals surface area contributed by atoms with E-state index in [2.05, 4.69) is 10.3 Å². The first-order chi connectivity index (χ1) is 12.5. The summed E-state index contributed by atoms with van der Waals surface area (Å²) in [6.07, 6.45) is 0. The number of aromatic nitrogens is 1. The van der Waals surface area contributed by atoms with Gasteiger partial charge in [-0.05, 0) is 24.6 Å². The fourth-order valence-electron chi connectivity index (χ4n) is 2.31. The number of hydrogen-bond acceptors (Lipinski definition) is 4. The lowest BCUT2D eigenvalue weighted by Gasteiger charge is -2.13. The highest BCUT2D eigenvalue weighted by atomic mass is 32.1. The van der Waals surface area contributed by atoms with Gasteiger partial charge in [-0.3, -0.25) is 4.79 Å². The van der Waals surface area contributed by atoms with Crippen LogP contribution in [0.15, 0.2) is 53.9 Å². The lowest BCUT2D eigenvalue weighted by Crippen LogP contribution is -2.26. The van der Waals surface area contributed by atoms with Crippen molar-refractivity contribution in [3.8, 4) is 5.75 Å². The summed E-state index contributed by atoms with van der Waals surface area (Å²) in [5, 5.41) is 5.02. The predicted octanol–water partition coefficient (Wildman–Crippen LogP) is 4.49. The maximum Gasteiger partial charge on any atom is 0.271 e. The molecular weight excluding hydrogens is 358 g/mol. The van der Waals surface area contributed by atoms with Gasteiger partial charge in [-0.15, -0.1) is 11.3 Å². The van der Waals surface area contributed by atoms with Gasteiger partial charge in [0.2, 0.25) is 0 Å². The molecule has 0 spiro atoms. The van der Waals surface area contributed by atoms with E-state index in [-0.39, 0.29) is 30.0 Å². The molecule has 2 aromatic carbocycles. The van der Waals surface area contributed by atoms with E-state index in [0.717, 1.165) is 17.7 Å². The Balaban J connectivity index is 1.59. The zero-order valence-corrected chi connectivity index (χ0v) is 14.7. The minimum atomic E-state index is -0.781. The Morgan fingerprint density at radius 3 is 2.73 bits per heavy atom. The average Bonchev–Trinajstić information content (AvgIpc) is 3.11. The SMILES string of the molecule is CC(NC(=O)c1csc(COc2ccc(F)cc2F)n1)c1ccccc1. The van der Waals surface area contributed by atoms with Crippen molar-refractivity contribution < 1.29 is 18.3 Å². The van der Waals surface area contributed by atoms with E-state index in [0.29, 0.717) is 5.01 Å². The molecule has 1 N–H and O–H groups in total. The lowest BCUT2D eigenvalue weighted by atomic mass is 10.1. The van der Waals surface area contributed by atoms with E-state index in [1.54, 1.807) is 5.38 Å². The smallest absolute Gasteiger partial charge is 0.271 e. The number of halogens is 2. The molecule has 3 rings (SSSR count). The highest BCUT2D eigenvalue weighted by Gasteiger charge is 2.15. The van der Waals surface area contributed by atoms with Crippen LogP contribution in [0.2, 0.25) is 0 Å². The molecule has 26 heavy (non-hydrogen) atoms. The third kappa shape index (κ3) is 4.43. The Hall–Kier alpha value is -2.80. The van der Waals surface area contributed by atoms with Crippen LogP contribution in [0.1, 0.15) is 34.0 Å². The fourth-order valence-corrected chi connectivity index (χ4v) is 2.99. The molecule has 3 aromatic rings. The molecule has 0 fully saturated rings. The van der Waals surface area contributed by atoms with E-state index in [1.807, 2.05) is 37.3 Å². The molecule has 4 nitrogen and oxygen atoms in total. The molecule has 0 aliphatic rings. The molecule has 1 atom stereocenters. The van der Waals surface area contributed by atoms with Crippen molar-refractivity contribution in [2.75, 3.05) is 0 Å². The number of amides is 1. The summed E-state index contributed by atoms with van der Waals surface area (Å²) in [6, 6.07) is 12.5. The maximum atomic E-state index is 13.5. The highest BCUT2D eigenvalue weighted by Crippen LogP contribution is 2.20. The van der Waals surface area contributed by atoms with E-state index in [9.17, 15) is 13.6 Å². The Labute approximate surface area is 153 Å². The lowest BCUT2D eigenvalue weighted by molar-refractivity contribution is 0.0935. The third-order valence-corrected chi connectivity index (χ3v) is 4.50. The number of carbonyl (C=O) groups is 1. The van der Waals surface area contributed by atoms with Gasteiger partial charge in [-0.1, -0.05) is 30.3 Å². The second-order valence-corrected chi connectivity index (χ2v) is 6.54. The standard InChI is InChI=1S/C19H16F2N2O2S/c1-12(13-5-3-2-4-6-13)22-19(24)16-11-26-18(23-16)10-25-17-8-7-14(20)9-15(17)21/h2-9,11-12H,10H2,1H3,(H,22,24). The summed E-state index contributed by atoms with van der Waals surface area (Å²) in [4.78, 5) is 16.5. The zero-order valence-electron chi connectivity index (χ0n) is 13.9. The van der Waals surface area contributed by atoms with Crippen molar-refractivity contribution >= 4 is 17.2 Å². The average molecular weight is 374 g/mol. The molecule has 1 unspecified atom stereocenters. The quantitative estimate of drug-likeness (QED) is 0.692. The van der Waals surface area contributed by atoms with Crippen molar-refractivity contribution in [3.05, 3.63) is 81.8 Å². The summed E-state index contributed by atoms with van der Waals surface area (Å²) in [7, 11) is 0. The molecule has 0 saturated carbocycles. The van der Waals surface area contributed by atoms with Gasteiger partial charge < -0.3 is 10.1 Å². The topological polar surface area (TPSA) is 51.2 Å². The van der Waals surface area contributed by atoms with Crippen molar-refractivity contribution in [1.82, 2.24) is 10.3 Å². The monoisotopic (exact) mass is 374 g/mol. The van der Waals surface area contributed by atoms with Crippen molar-refractivity contribution in [2.24, 2.45) is 0 Å². The van der Waals surface area contributed by atoms with Crippen LogP contribution in [0.25, 0.3) is 0 Å². The summed E-state index contributed by atoms with van der Waals surface area (Å²) in [5.74, 6) is -1.81. The number of rotatable bonds is 6. The molecule has 0 saturated heterocycles. The second kappa shape index (κ2) is 8.05. The number of ether oxygens (including phenoxy) is 1. The van der Waals surface area contributed by atoms with Gasteiger partial charge in [0.1, 0.15) is 23.1 Å². The minimum Gasteiger partial charge on any atom is -0.483 e. The molecule has 134 valence electrons. The van der Waals surface area contributed by atoms with Crippen molar-refractivity contribution in [2.45, 2.75) is 19.6 Å². The van der Waals surface area contributed by atoms with Crippen molar-refractivity contribution in [3.63, 3.8) is 0 Å². The van der Waals surface area contributed by atoms with Crippen LogP contribution >= 0.6 is 11.3 Å². The van der Waals surface area contributed by atoms with Crippen LogP contribution in [-0.4, -0.2) is 10.9 Å². The third-order valence-electron chi connectivity index (χ3n) is 3.68. The molecule has 1 aromatic heterocycles. The molecule has 1 amide bonds. The molecule has 7 heteroatoms. The number of nitrogens with one attached hydrogen (secondary N) is 1. The van der Waals surface area contributed by atoms with E-state index in [1.165, 1.54) is 17.4 Å². The number of benzene rings is 2. The first-order valence-corrected chi connectivity index (χ1v) is 8.79. The highest BCUT2D eigenvalue weighted by molar-refractivity contribution is 7.09. The van der Waals surface area contributed by atoms with Gasteiger partial charge in [0, 0.05) is 11.4 Å². The maximum absolute atomic E-state index is 13.5. The Kier molecular flexibility index (Phi) is 5.58. The first kappa shape index (κ1) is 18.0. The van der Waals surface area contributed by atoms with Crippen molar-refractivity contribution in [1.29, 1.82) is 0 Å². The minimum absolute atomic E-state index is 0.00522. The molecule has 0 bridgehead atoms. The number of carbonyl (C=O) groups excluding carboxylic acids is 1. The van der Waals surface area contributed by atoms with Crippen LogP contribution in [-0.2, 0) is 6.61 Å². The Morgan fingerprint density at radius 1 is 1.23 bits per heavy atom. The second-order valence-electron chi connectivity index (χ2n) is 5.60. The summed E-state index contributed by atoms with van der Waals surface area (Å²) in [6.45, 7) is 1.88. The molecule has 0 aliphatic carbocycles. The van der Waals surface area contributed by atoms with E-state index >= 15 is 0 Å². The van der Waals surface area contributed by atoms with Gasteiger partial charge in [0.15, 0.2) is 11.6 Å². The van der Waals surface area contributed by atoms with Crippen LogP contribution in [0.4, 0.5) is 8.78 Å². The number of hydrogen-bond donors (Lipinski definition) is 1. The van der Waals surface area contributed by atoms with E-state index < -0.39 is 11.6 Å². The molecular formula is C19H16F2N2O2S. The van der Waals surface area contributed by atoms with Gasteiger partial charge in [-0.2, -0.15) is 0 Å².